The molecule has 84 valence electrons. The van der Waals surface area contributed by atoms with E-state index in [0.717, 1.165) is 17.2 Å². The molecule has 0 amide bonds. The number of hydrogen-bond acceptors (Lipinski definition) is 4. The Kier molecular flexibility index (Phi) is 3.10. The van der Waals surface area contributed by atoms with Gasteiger partial charge < -0.3 is 14.9 Å². The van der Waals surface area contributed by atoms with Crippen molar-refractivity contribution >= 4 is 5.69 Å². The minimum atomic E-state index is 0.546. The molecule has 0 aliphatic rings. The molecule has 4 nitrogen and oxygen atoms in total. The molecule has 0 unspecified atom stereocenters. The van der Waals surface area contributed by atoms with Gasteiger partial charge in [-0.3, -0.25) is 0 Å². The molecule has 0 aliphatic carbocycles. The monoisotopic (exact) mass is 218 g/mol. The SMILES string of the molecule is Cc1cnc(CCOc2ccc(N)cc2)o1. The van der Waals surface area contributed by atoms with Crippen molar-refractivity contribution in [3.05, 3.63) is 42.1 Å². The van der Waals surface area contributed by atoms with Crippen LogP contribution in [0.1, 0.15) is 11.7 Å². The Morgan fingerprint density at radius 3 is 2.69 bits per heavy atom. The minimum absolute atomic E-state index is 0.546. The second kappa shape index (κ2) is 4.70. The summed E-state index contributed by atoms with van der Waals surface area (Å²) in [6, 6.07) is 7.31. The third-order valence-corrected chi connectivity index (χ3v) is 2.13. The van der Waals surface area contributed by atoms with Crippen LogP contribution in [-0.2, 0) is 6.42 Å². The van der Waals surface area contributed by atoms with E-state index in [0.29, 0.717) is 18.9 Å². The highest BCUT2D eigenvalue weighted by Crippen LogP contribution is 2.13. The Balaban J connectivity index is 1.82. The molecule has 0 saturated carbocycles. The zero-order valence-electron chi connectivity index (χ0n) is 9.14. The van der Waals surface area contributed by atoms with Crippen molar-refractivity contribution in [1.29, 1.82) is 0 Å². The number of anilines is 1. The smallest absolute Gasteiger partial charge is 0.197 e. The van der Waals surface area contributed by atoms with Crippen molar-refractivity contribution in [2.75, 3.05) is 12.3 Å². The molecule has 0 aliphatic heterocycles. The number of hydrogen-bond donors (Lipinski definition) is 1. The number of nitrogens with zero attached hydrogens (tertiary/aromatic N) is 1. The number of ether oxygens (including phenoxy) is 1. The summed E-state index contributed by atoms with van der Waals surface area (Å²) in [6.45, 7) is 2.42. The summed E-state index contributed by atoms with van der Waals surface area (Å²) in [5.74, 6) is 2.33. The molecule has 4 heteroatoms. The highest BCUT2D eigenvalue weighted by molar-refractivity contribution is 5.41. The Hall–Kier alpha value is -1.97. The van der Waals surface area contributed by atoms with Crippen LogP contribution >= 0.6 is 0 Å². The van der Waals surface area contributed by atoms with Gasteiger partial charge in [0.05, 0.1) is 19.2 Å². The lowest BCUT2D eigenvalue weighted by Crippen LogP contribution is -2.01. The van der Waals surface area contributed by atoms with Gasteiger partial charge in [0.1, 0.15) is 11.5 Å². The predicted molar refractivity (Wildman–Crippen MR) is 61.3 cm³/mol. The van der Waals surface area contributed by atoms with Crippen LogP contribution in [-0.4, -0.2) is 11.6 Å². The minimum Gasteiger partial charge on any atom is -0.493 e. The largest absolute Gasteiger partial charge is 0.493 e. The van der Waals surface area contributed by atoms with Crippen LogP contribution in [0.15, 0.2) is 34.9 Å². The fourth-order valence-electron chi connectivity index (χ4n) is 1.34. The molecule has 0 bridgehead atoms. The van der Waals surface area contributed by atoms with Crippen molar-refractivity contribution < 1.29 is 9.15 Å². The summed E-state index contributed by atoms with van der Waals surface area (Å²) in [5, 5.41) is 0. The molecule has 0 spiro atoms. The highest BCUT2D eigenvalue weighted by Gasteiger charge is 2.00. The van der Waals surface area contributed by atoms with Crippen LogP contribution in [0, 0.1) is 6.92 Å². The molecule has 2 aromatic rings. The topological polar surface area (TPSA) is 61.3 Å². The molecule has 0 radical (unpaired) electrons. The number of aromatic nitrogens is 1. The first kappa shape index (κ1) is 10.5. The van der Waals surface area contributed by atoms with Gasteiger partial charge in [0.2, 0.25) is 0 Å². The zero-order valence-corrected chi connectivity index (χ0v) is 9.14. The van der Waals surface area contributed by atoms with E-state index in [1.165, 1.54) is 0 Å². The molecule has 1 heterocycles. The van der Waals surface area contributed by atoms with Crippen LogP contribution < -0.4 is 10.5 Å². The summed E-state index contributed by atoms with van der Waals surface area (Å²) < 4.78 is 10.8. The Morgan fingerprint density at radius 2 is 2.06 bits per heavy atom. The molecular weight excluding hydrogens is 204 g/mol. The van der Waals surface area contributed by atoms with Crippen molar-refractivity contribution in [2.45, 2.75) is 13.3 Å². The lowest BCUT2D eigenvalue weighted by atomic mass is 10.3. The van der Waals surface area contributed by atoms with Gasteiger partial charge in [-0.05, 0) is 31.2 Å². The first-order valence-corrected chi connectivity index (χ1v) is 5.14. The van der Waals surface area contributed by atoms with Gasteiger partial charge in [-0.2, -0.15) is 0 Å². The lowest BCUT2D eigenvalue weighted by Gasteiger charge is -2.04. The van der Waals surface area contributed by atoms with Gasteiger partial charge in [-0.1, -0.05) is 0 Å². The number of nitrogen functional groups attached to an aromatic ring is 1. The van der Waals surface area contributed by atoms with Crippen LogP contribution in [0.4, 0.5) is 5.69 Å². The second-order valence-corrected chi connectivity index (χ2v) is 3.53. The molecule has 2 rings (SSSR count). The Bertz CT molecular complexity index is 448. The van der Waals surface area contributed by atoms with E-state index in [-0.39, 0.29) is 0 Å². The van der Waals surface area contributed by atoms with Crippen LogP contribution in [0.25, 0.3) is 0 Å². The van der Waals surface area contributed by atoms with Gasteiger partial charge in [0, 0.05) is 5.69 Å². The third-order valence-electron chi connectivity index (χ3n) is 2.13. The molecular formula is C12H14N2O2. The number of aryl methyl sites for hydroxylation is 1. The van der Waals surface area contributed by atoms with Crippen LogP contribution in [0.5, 0.6) is 5.75 Å². The molecule has 0 atom stereocenters. The lowest BCUT2D eigenvalue weighted by molar-refractivity contribution is 0.305. The summed E-state index contributed by atoms with van der Waals surface area (Å²) in [6.07, 6.45) is 2.37. The van der Waals surface area contributed by atoms with E-state index in [2.05, 4.69) is 4.98 Å². The average Bonchev–Trinajstić information content (AvgIpc) is 2.67. The van der Waals surface area contributed by atoms with Crippen LogP contribution in [0.3, 0.4) is 0 Å². The number of rotatable bonds is 4. The van der Waals surface area contributed by atoms with Crippen molar-refractivity contribution in [3.8, 4) is 5.75 Å². The van der Waals surface area contributed by atoms with Gasteiger partial charge in [0.25, 0.3) is 0 Å². The maximum atomic E-state index is 5.57. The first-order chi connectivity index (χ1) is 7.74. The van der Waals surface area contributed by atoms with Crippen LogP contribution in [0.2, 0.25) is 0 Å². The highest BCUT2D eigenvalue weighted by atomic mass is 16.5. The molecule has 0 fully saturated rings. The normalized spacial score (nSPS) is 10.3. The molecule has 1 aromatic heterocycles. The van der Waals surface area contributed by atoms with E-state index in [9.17, 15) is 0 Å². The van der Waals surface area contributed by atoms with E-state index in [1.807, 2.05) is 31.2 Å². The van der Waals surface area contributed by atoms with Crippen molar-refractivity contribution in [2.24, 2.45) is 0 Å². The summed E-state index contributed by atoms with van der Waals surface area (Å²) in [4.78, 5) is 4.09. The Morgan fingerprint density at radius 1 is 1.31 bits per heavy atom. The van der Waals surface area contributed by atoms with E-state index in [1.54, 1.807) is 6.20 Å². The van der Waals surface area contributed by atoms with Gasteiger partial charge in [-0.25, -0.2) is 4.98 Å². The second-order valence-electron chi connectivity index (χ2n) is 3.53. The number of oxazole rings is 1. The maximum absolute atomic E-state index is 5.57. The fraction of sp³-hybridized carbons (Fsp3) is 0.250. The Labute approximate surface area is 94.1 Å². The van der Waals surface area contributed by atoms with Gasteiger partial charge in [0.15, 0.2) is 5.89 Å². The predicted octanol–water partition coefficient (Wildman–Crippen LogP) is 2.19. The molecule has 1 aromatic carbocycles. The molecule has 2 N–H and O–H groups in total. The maximum Gasteiger partial charge on any atom is 0.197 e. The van der Waals surface area contributed by atoms with E-state index < -0.39 is 0 Å². The first-order valence-electron chi connectivity index (χ1n) is 5.14. The van der Waals surface area contributed by atoms with E-state index >= 15 is 0 Å². The fourth-order valence-corrected chi connectivity index (χ4v) is 1.34. The number of benzene rings is 1. The molecule has 0 saturated heterocycles. The quantitative estimate of drug-likeness (QED) is 0.799. The average molecular weight is 218 g/mol. The van der Waals surface area contributed by atoms with Crippen molar-refractivity contribution in [1.82, 2.24) is 4.98 Å². The summed E-state index contributed by atoms with van der Waals surface area (Å²) in [5.41, 5.74) is 6.30. The summed E-state index contributed by atoms with van der Waals surface area (Å²) in [7, 11) is 0. The van der Waals surface area contributed by atoms with E-state index in [4.69, 9.17) is 14.9 Å². The van der Waals surface area contributed by atoms with Gasteiger partial charge in [-0.15, -0.1) is 0 Å². The summed E-state index contributed by atoms with van der Waals surface area (Å²) >= 11 is 0. The van der Waals surface area contributed by atoms with Crippen molar-refractivity contribution in [3.63, 3.8) is 0 Å². The van der Waals surface area contributed by atoms with Gasteiger partial charge >= 0.3 is 0 Å². The number of nitrogens with two attached hydrogens (primary N) is 1. The standard InChI is InChI=1S/C12H14N2O2/c1-9-8-14-12(16-9)6-7-15-11-4-2-10(13)3-5-11/h2-5,8H,6-7,13H2,1H3. The zero-order chi connectivity index (χ0) is 11.4. The molecule has 16 heavy (non-hydrogen) atoms. The third kappa shape index (κ3) is 2.76.